The summed E-state index contributed by atoms with van der Waals surface area (Å²) in [5, 5.41) is 17.2. The van der Waals surface area contributed by atoms with Crippen LogP contribution in [0.1, 0.15) is 30.4 Å². The molecule has 15 heteroatoms. The van der Waals surface area contributed by atoms with Crippen molar-refractivity contribution in [3.8, 4) is 5.75 Å². The number of piperidine rings is 1. The summed E-state index contributed by atoms with van der Waals surface area (Å²) in [6, 6.07) is 22.0. The van der Waals surface area contributed by atoms with Crippen LogP contribution in [0.15, 0.2) is 72.9 Å². The molecule has 54 heavy (non-hydrogen) atoms. The summed E-state index contributed by atoms with van der Waals surface area (Å²) >= 11 is 6.45. The third kappa shape index (κ3) is 10.5. The van der Waals surface area contributed by atoms with Gasteiger partial charge in [0, 0.05) is 68.8 Å². The lowest BCUT2D eigenvalue weighted by Crippen LogP contribution is -2.48. The number of hydrogen-bond acceptors (Lipinski definition) is 11. The van der Waals surface area contributed by atoms with Crippen molar-refractivity contribution in [3.05, 3.63) is 89.1 Å². The molecule has 3 aromatic carbocycles. The lowest BCUT2D eigenvalue weighted by atomic mass is 10.0. The number of nitrogens with zero attached hydrogens (tertiary/aromatic N) is 4. The molecule has 0 saturated carbocycles. The number of carbonyl (C=O) groups is 2. The number of benzene rings is 3. The van der Waals surface area contributed by atoms with Crippen LogP contribution in [0, 0.1) is 0 Å². The maximum atomic E-state index is 12.9. The quantitative estimate of drug-likeness (QED) is 0.0704. The van der Waals surface area contributed by atoms with Gasteiger partial charge in [-0.25, -0.2) is 9.78 Å². The Kier molecular flexibility index (Phi) is 13.1. The van der Waals surface area contributed by atoms with E-state index in [9.17, 15) is 14.2 Å². The third-order valence-electron chi connectivity index (χ3n) is 9.64. The van der Waals surface area contributed by atoms with Crippen molar-refractivity contribution in [2.24, 2.45) is 0 Å². The molecule has 5 N–H and O–H groups in total. The summed E-state index contributed by atoms with van der Waals surface area (Å²) in [5.41, 5.74) is 4.81. The molecule has 0 radical (unpaired) electrons. The highest BCUT2D eigenvalue weighted by atomic mass is 35.5. The van der Waals surface area contributed by atoms with E-state index < -0.39 is 7.14 Å². The van der Waals surface area contributed by atoms with Gasteiger partial charge in [-0.1, -0.05) is 48.0 Å². The molecule has 0 aliphatic carbocycles. The second-order valence-electron chi connectivity index (χ2n) is 13.9. The van der Waals surface area contributed by atoms with E-state index in [-0.39, 0.29) is 11.9 Å². The van der Waals surface area contributed by atoms with Crippen LogP contribution in [0.4, 0.5) is 33.6 Å². The van der Waals surface area contributed by atoms with Crippen LogP contribution < -0.4 is 41.5 Å². The minimum atomic E-state index is -2.54. The molecular formula is C39H49ClN9O4P. The number of hydrogen-bond donors (Lipinski definition) is 5. The number of halogens is 1. The third-order valence-corrected chi connectivity index (χ3v) is 11.5. The van der Waals surface area contributed by atoms with Crippen LogP contribution >= 0.6 is 18.7 Å². The number of aromatic nitrogens is 2. The Labute approximate surface area is 322 Å². The fourth-order valence-corrected chi connectivity index (χ4v) is 7.93. The normalized spacial score (nSPS) is 15.3. The summed E-state index contributed by atoms with van der Waals surface area (Å²) in [4.78, 5) is 36.4. The van der Waals surface area contributed by atoms with Crippen molar-refractivity contribution in [2.75, 3.05) is 75.2 Å². The number of para-hydroxylation sites is 1. The number of rotatable bonds is 16. The SMILES string of the molecule is COc1cc(N2CCC(NCCNCCc3ccc(CN4CCC(=O)NC4=O)cc3)CC2)ccc1Nc1ncc(Cl)c(Nc2ccccc2P(C)(C)=O)n1. The molecule has 0 spiro atoms. The average Bonchev–Trinajstić information content (AvgIpc) is 3.16. The number of nitrogens with one attached hydrogen (secondary N) is 5. The Balaban J connectivity index is 0.919. The number of methoxy groups -OCH3 is 1. The molecule has 2 fully saturated rings. The average molecular weight is 774 g/mol. The van der Waals surface area contributed by atoms with Gasteiger partial charge in [0.15, 0.2) is 5.82 Å². The number of anilines is 5. The molecule has 3 amide bonds. The monoisotopic (exact) mass is 773 g/mol. The zero-order chi connectivity index (χ0) is 38.1. The van der Waals surface area contributed by atoms with Gasteiger partial charge in [-0.05, 0) is 74.5 Å². The van der Waals surface area contributed by atoms with Gasteiger partial charge < -0.3 is 40.4 Å². The van der Waals surface area contributed by atoms with Gasteiger partial charge in [0.2, 0.25) is 11.9 Å². The van der Waals surface area contributed by atoms with Crippen molar-refractivity contribution in [1.82, 2.24) is 30.8 Å². The number of ether oxygens (including phenoxy) is 1. The molecule has 2 saturated heterocycles. The van der Waals surface area contributed by atoms with Crippen molar-refractivity contribution < 1.29 is 18.9 Å². The highest BCUT2D eigenvalue weighted by Gasteiger charge is 2.23. The predicted molar refractivity (Wildman–Crippen MR) is 217 cm³/mol. The lowest BCUT2D eigenvalue weighted by molar-refractivity contribution is -0.121. The Hall–Kier alpha value is -4.68. The van der Waals surface area contributed by atoms with Crippen molar-refractivity contribution >= 4 is 64.8 Å². The van der Waals surface area contributed by atoms with Crippen LogP contribution in [0.5, 0.6) is 5.75 Å². The van der Waals surface area contributed by atoms with E-state index in [2.05, 4.69) is 71.8 Å². The minimum Gasteiger partial charge on any atom is -0.494 e. The molecule has 13 nitrogen and oxygen atoms in total. The number of carbonyl (C=O) groups excluding carboxylic acids is 2. The van der Waals surface area contributed by atoms with E-state index in [0.717, 1.165) is 74.2 Å². The molecule has 286 valence electrons. The maximum absolute atomic E-state index is 12.9. The maximum Gasteiger partial charge on any atom is 0.324 e. The van der Waals surface area contributed by atoms with Gasteiger partial charge in [0.25, 0.3) is 0 Å². The molecule has 6 rings (SSSR count). The van der Waals surface area contributed by atoms with E-state index in [0.29, 0.717) is 53.8 Å². The fourth-order valence-electron chi connectivity index (χ4n) is 6.64. The van der Waals surface area contributed by atoms with Crippen LogP contribution in [0.2, 0.25) is 5.02 Å². The van der Waals surface area contributed by atoms with Gasteiger partial charge in [-0.15, -0.1) is 0 Å². The molecule has 0 bridgehead atoms. The molecule has 2 aliphatic heterocycles. The summed E-state index contributed by atoms with van der Waals surface area (Å²) in [6.45, 7) is 9.01. The second kappa shape index (κ2) is 18.1. The zero-order valence-corrected chi connectivity index (χ0v) is 32.7. The lowest BCUT2D eigenvalue weighted by Gasteiger charge is -2.34. The smallest absolute Gasteiger partial charge is 0.324 e. The van der Waals surface area contributed by atoms with E-state index in [1.165, 1.54) is 11.8 Å². The number of amides is 3. The summed E-state index contributed by atoms with van der Waals surface area (Å²) in [7, 11) is -0.887. The van der Waals surface area contributed by atoms with Crippen molar-refractivity contribution in [2.45, 2.75) is 38.3 Å². The molecule has 0 atom stereocenters. The Bertz CT molecular complexity index is 1970. The Morgan fingerprint density at radius 1 is 0.926 bits per heavy atom. The fraction of sp³-hybridized carbons (Fsp3) is 0.385. The summed E-state index contributed by atoms with van der Waals surface area (Å²) < 4.78 is 18.6. The summed E-state index contributed by atoms with van der Waals surface area (Å²) in [5.74, 6) is 1.22. The summed E-state index contributed by atoms with van der Waals surface area (Å²) in [6.07, 6.45) is 4.90. The van der Waals surface area contributed by atoms with Crippen LogP contribution in [-0.4, -0.2) is 92.6 Å². The zero-order valence-electron chi connectivity index (χ0n) is 31.0. The first-order chi connectivity index (χ1) is 26.1. The van der Waals surface area contributed by atoms with Gasteiger partial charge in [0.1, 0.15) is 17.9 Å². The topological polar surface area (TPSA) is 153 Å². The van der Waals surface area contributed by atoms with Gasteiger partial charge in [-0.3, -0.25) is 10.1 Å². The van der Waals surface area contributed by atoms with Gasteiger partial charge in [-0.2, -0.15) is 4.98 Å². The van der Waals surface area contributed by atoms with Crippen LogP contribution in [0.3, 0.4) is 0 Å². The van der Waals surface area contributed by atoms with Crippen molar-refractivity contribution in [3.63, 3.8) is 0 Å². The van der Waals surface area contributed by atoms with Crippen LogP contribution in [0.25, 0.3) is 0 Å². The molecule has 0 unspecified atom stereocenters. The predicted octanol–water partition coefficient (Wildman–Crippen LogP) is 5.71. The molecule has 1 aromatic heterocycles. The number of urea groups is 1. The standard InChI is InChI=1S/C39H49ClN9O4P/c1-53-34-24-30(12-13-32(34)45-38-43-25-31(40)37(47-38)44-33-6-4-5-7-35(33)54(2,3)52)48-21-15-29(16-22-48)42-20-19-41-18-14-27-8-10-28(11-9-27)26-49-23-17-36(50)46-39(49)51/h4-13,24-25,29,41-42H,14-23,26H2,1-3H3,(H,46,50,51)(H2,43,44,45,47). The molecule has 2 aliphatic rings. The van der Waals surface area contributed by atoms with E-state index >= 15 is 0 Å². The highest BCUT2D eigenvalue weighted by Crippen LogP contribution is 2.39. The Morgan fingerprint density at radius 2 is 1.69 bits per heavy atom. The largest absolute Gasteiger partial charge is 0.494 e. The minimum absolute atomic E-state index is 0.211. The van der Waals surface area contributed by atoms with E-state index in [1.807, 2.05) is 36.4 Å². The van der Waals surface area contributed by atoms with Crippen molar-refractivity contribution in [1.29, 1.82) is 0 Å². The van der Waals surface area contributed by atoms with E-state index in [4.69, 9.17) is 16.3 Å². The Morgan fingerprint density at radius 3 is 2.43 bits per heavy atom. The molecule has 4 aromatic rings. The molecular weight excluding hydrogens is 725 g/mol. The molecule has 3 heterocycles. The number of imide groups is 1. The van der Waals surface area contributed by atoms with E-state index in [1.54, 1.807) is 25.3 Å². The first kappa shape index (κ1) is 39.0. The van der Waals surface area contributed by atoms with Gasteiger partial charge >= 0.3 is 6.03 Å². The first-order valence-corrected chi connectivity index (χ1v) is 21.3. The second-order valence-corrected chi connectivity index (χ2v) is 17.5. The highest BCUT2D eigenvalue weighted by molar-refractivity contribution is 7.70. The van der Waals surface area contributed by atoms with Gasteiger partial charge in [0.05, 0.1) is 24.7 Å². The first-order valence-electron chi connectivity index (χ1n) is 18.3. The van der Waals surface area contributed by atoms with Crippen LogP contribution in [-0.2, 0) is 22.3 Å².